The maximum atomic E-state index is 8.70. The fourth-order valence-corrected chi connectivity index (χ4v) is 2.84. The first-order valence-corrected chi connectivity index (χ1v) is 6.88. The van der Waals surface area contributed by atoms with Crippen LogP contribution in [0.3, 0.4) is 0 Å². The molecule has 0 radical (unpaired) electrons. The Hall–Kier alpha value is -1.27. The summed E-state index contributed by atoms with van der Waals surface area (Å²) in [7, 11) is 0. The van der Waals surface area contributed by atoms with Crippen LogP contribution in [-0.2, 0) is 4.74 Å². The predicted molar refractivity (Wildman–Crippen MR) is 78.9 cm³/mol. The lowest BCUT2D eigenvalue weighted by molar-refractivity contribution is 0.0643. The van der Waals surface area contributed by atoms with Crippen molar-refractivity contribution in [2.75, 3.05) is 24.7 Å². The summed E-state index contributed by atoms with van der Waals surface area (Å²) in [5.74, 6) is 0.105. The molecule has 0 saturated carbocycles. The number of rotatable bonds is 2. The van der Waals surface area contributed by atoms with Crippen LogP contribution in [0.1, 0.15) is 19.4 Å². The summed E-state index contributed by atoms with van der Waals surface area (Å²) in [5.41, 5.74) is 7.30. The Balaban J connectivity index is 2.35. The van der Waals surface area contributed by atoms with Gasteiger partial charge in [0.2, 0.25) is 0 Å². The van der Waals surface area contributed by atoms with E-state index in [1.165, 1.54) is 0 Å². The highest BCUT2D eigenvalue weighted by molar-refractivity contribution is 9.10. The van der Waals surface area contributed by atoms with Gasteiger partial charge in [-0.2, -0.15) is 0 Å². The molecule has 0 aliphatic carbocycles. The Morgan fingerprint density at radius 3 is 2.84 bits per heavy atom. The van der Waals surface area contributed by atoms with E-state index in [0.717, 1.165) is 23.3 Å². The summed E-state index contributed by atoms with van der Waals surface area (Å²) in [4.78, 5) is 2.30. The first-order valence-electron chi connectivity index (χ1n) is 6.08. The van der Waals surface area contributed by atoms with Gasteiger partial charge in [0.15, 0.2) is 5.84 Å². The van der Waals surface area contributed by atoms with Crippen LogP contribution < -0.4 is 10.6 Å². The van der Waals surface area contributed by atoms with Gasteiger partial charge in [-0.1, -0.05) is 5.16 Å². The van der Waals surface area contributed by atoms with E-state index < -0.39 is 0 Å². The number of morpholine rings is 1. The molecule has 1 saturated heterocycles. The number of anilines is 1. The number of halogens is 1. The number of benzene rings is 1. The zero-order chi connectivity index (χ0) is 14.0. The van der Waals surface area contributed by atoms with Crippen molar-refractivity contribution in [3.8, 4) is 0 Å². The van der Waals surface area contributed by atoms with Crippen LogP contribution in [-0.4, -0.2) is 36.3 Å². The second kappa shape index (κ2) is 5.38. The normalized spacial score (nSPS) is 19.5. The molecule has 1 aromatic rings. The fourth-order valence-electron chi connectivity index (χ4n) is 2.25. The van der Waals surface area contributed by atoms with Crippen molar-refractivity contribution in [2.24, 2.45) is 10.9 Å². The van der Waals surface area contributed by atoms with Crippen molar-refractivity contribution in [3.05, 3.63) is 28.2 Å². The highest BCUT2D eigenvalue weighted by Gasteiger charge is 2.31. The van der Waals surface area contributed by atoms with Crippen LogP contribution in [0.5, 0.6) is 0 Å². The number of oxime groups is 1. The quantitative estimate of drug-likeness (QED) is 0.378. The molecular formula is C13H18BrN3O2. The van der Waals surface area contributed by atoms with E-state index in [9.17, 15) is 0 Å². The topological polar surface area (TPSA) is 71.1 Å². The van der Waals surface area contributed by atoms with E-state index in [0.29, 0.717) is 12.2 Å². The molecule has 1 fully saturated rings. The van der Waals surface area contributed by atoms with Crippen LogP contribution in [0.4, 0.5) is 5.69 Å². The van der Waals surface area contributed by atoms with Crippen LogP contribution >= 0.6 is 15.9 Å². The zero-order valence-electron chi connectivity index (χ0n) is 11.1. The third kappa shape index (κ3) is 2.84. The van der Waals surface area contributed by atoms with Gasteiger partial charge in [-0.25, -0.2) is 0 Å². The number of nitrogens with zero attached hydrogens (tertiary/aromatic N) is 2. The van der Waals surface area contributed by atoms with Gasteiger partial charge >= 0.3 is 0 Å². The van der Waals surface area contributed by atoms with Gasteiger partial charge in [-0.05, 0) is 48.0 Å². The molecule has 0 aromatic heterocycles. The number of hydrogen-bond acceptors (Lipinski definition) is 4. The SMILES string of the molecule is CC1(C)COCCN1c1ccc(/C(N)=N/O)cc1Br. The van der Waals surface area contributed by atoms with Crippen molar-refractivity contribution in [3.63, 3.8) is 0 Å². The third-order valence-corrected chi connectivity index (χ3v) is 3.92. The largest absolute Gasteiger partial charge is 0.409 e. The van der Waals surface area contributed by atoms with E-state index in [-0.39, 0.29) is 11.4 Å². The number of ether oxygens (including phenoxy) is 1. The molecule has 1 aliphatic heterocycles. The highest BCUT2D eigenvalue weighted by Crippen LogP contribution is 2.33. The molecule has 2 rings (SSSR count). The Morgan fingerprint density at radius 2 is 2.26 bits per heavy atom. The molecule has 19 heavy (non-hydrogen) atoms. The molecule has 1 aliphatic rings. The predicted octanol–water partition coefficient (Wildman–Crippen LogP) is 2.16. The lowest BCUT2D eigenvalue weighted by Gasteiger charge is -2.44. The minimum absolute atomic E-state index is 0.0566. The molecule has 3 N–H and O–H groups in total. The Labute approximate surface area is 121 Å². The lowest BCUT2D eigenvalue weighted by Crippen LogP contribution is -2.53. The first kappa shape index (κ1) is 14.1. The Morgan fingerprint density at radius 1 is 1.53 bits per heavy atom. The summed E-state index contributed by atoms with van der Waals surface area (Å²) in [6.45, 7) is 6.56. The van der Waals surface area contributed by atoms with Gasteiger partial charge < -0.3 is 20.6 Å². The van der Waals surface area contributed by atoms with Crippen LogP contribution in [0.2, 0.25) is 0 Å². The minimum atomic E-state index is -0.0566. The number of amidine groups is 1. The van der Waals surface area contributed by atoms with E-state index in [1.807, 2.05) is 18.2 Å². The third-order valence-electron chi connectivity index (χ3n) is 3.29. The van der Waals surface area contributed by atoms with Crippen LogP contribution in [0.15, 0.2) is 27.8 Å². The molecule has 0 bridgehead atoms. The van der Waals surface area contributed by atoms with Crippen molar-refractivity contribution in [1.82, 2.24) is 0 Å². The summed E-state index contributed by atoms with van der Waals surface area (Å²) in [6.07, 6.45) is 0. The van der Waals surface area contributed by atoms with Gasteiger partial charge in [-0.15, -0.1) is 0 Å². The Bertz CT molecular complexity index is 503. The lowest BCUT2D eigenvalue weighted by atomic mass is 10.0. The molecule has 1 heterocycles. The molecule has 5 nitrogen and oxygen atoms in total. The summed E-state index contributed by atoms with van der Waals surface area (Å²) in [6, 6.07) is 5.68. The number of nitrogens with two attached hydrogens (primary N) is 1. The Kier molecular flexibility index (Phi) is 4.01. The highest BCUT2D eigenvalue weighted by atomic mass is 79.9. The molecule has 6 heteroatoms. The van der Waals surface area contributed by atoms with Crippen molar-refractivity contribution in [2.45, 2.75) is 19.4 Å². The van der Waals surface area contributed by atoms with E-state index >= 15 is 0 Å². The van der Waals surface area contributed by atoms with Crippen LogP contribution in [0.25, 0.3) is 0 Å². The minimum Gasteiger partial charge on any atom is -0.409 e. The maximum Gasteiger partial charge on any atom is 0.170 e. The summed E-state index contributed by atoms with van der Waals surface area (Å²) >= 11 is 3.56. The van der Waals surface area contributed by atoms with E-state index in [1.54, 1.807) is 0 Å². The zero-order valence-corrected chi connectivity index (χ0v) is 12.6. The van der Waals surface area contributed by atoms with E-state index in [4.69, 9.17) is 15.7 Å². The van der Waals surface area contributed by atoms with Gasteiger partial charge in [0.1, 0.15) is 0 Å². The standard InChI is InChI=1S/C13H18BrN3O2/c1-13(2)8-19-6-5-17(13)11-4-3-9(7-10(11)14)12(15)16-18/h3-4,7,18H,5-6,8H2,1-2H3,(H2,15,16). The molecule has 104 valence electrons. The van der Waals surface area contributed by atoms with Crippen molar-refractivity contribution >= 4 is 27.5 Å². The van der Waals surface area contributed by atoms with E-state index in [2.05, 4.69) is 39.8 Å². The molecule has 0 spiro atoms. The fraction of sp³-hybridized carbons (Fsp3) is 0.462. The average molecular weight is 328 g/mol. The number of hydrogen-bond donors (Lipinski definition) is 2. The summed E-state index contributed by atoms with van der Waals surface area (Å²) < 4.78 is 6.45. The molecule has 0 amide bonds. The first-order chi connectivity index (χ1) is 8.95. The molecule has 1 aromatic carbocycles. The van der Waals surface area contributed by atoms with Gasteiger partial charge in [0, 0.05) is 16.6 Å². The second-order valence-electron chi connectivity index (χ2n) is 5.17. The average Bonchev–Trinajstić information content (AvgIpc) is 2.38. The maximum absolute atomic E-state index is 8.70. The molecule has 0 atom stereocenters. The van der Waals surface area contributed by atoms with Crippen molar-refractivity contribution in [1.29, 1.82) is 0 Å². The smallest absolute Gasteiger partial charge is 0.170 e. The van der Waals surface area contributed by atoms with Crippen molar-refractivity contribution < 1.29 is 9.94 Å². The van der Waals surface area contributed by atoms with Crippen LogP contribution in [0, 0.1) is 0 Å². The monoisotopic (exact) mass is 327 g/mol. The van der Waals surface area contributed by atoms with Gasteiger partial charge in [0.05, 0.1) is 24.4 Å². The van der Waals surface area contributed by atoms with Gasteiger partial charge in [-0.3, -0.25) is 0 Å². The molecular weight excluding hydrogens is 310 g/mol. The second-order valence-corrected chi connectivity index (χ2v) is 6.02. The summed E-state index contributed by atoms with van der Waals surface area (Å²) in [5, 5.41) is 11.7. The van der Waals surface area contributed by atoms with Gasteiger partial charge in [0.25, 0.3) is 0 Å². The molecule has 0 unspecified atom stereocenters.